The number of nitrogens with one attached hydrogen (secondary N) is 1. The van der Waals surface area contributed by atoms with Crippen LogP contribution in [0.2, 0.25) is 0 Å². The van der Waals surface area contributed by atoms with Crippen molar-refractivity contribution in [1.82, 2.24) is 9.97 Å². The van der Waals surface area contributed by atoms with Gasteiger partial charge in [-0.05, 0) is 25.7 Å². The van der Waals surface area contributed by atoms with Gasteiger partial charge in [-0.15, -0.1) is 0 Å². The van der Waals surface area contributed by atoms with E-state index in [0.717, 1.165) is 43.4 Å². The lowest BCUT2D eigenvalue weighted by molar-refractivity contribution is 0.595. The summed E-state index contributed by atoms with van der Waals surface area (Å²) in [7, 11) is 0. The highest BCUT2D eigenvalue weighted by atomic mass is 16.1. The van der Waals surface area contributed by atoms with Gasteiger partial charge in [-0.3, -0.25) is 4.79 Å². The fraction of sp³-hybridized carbons (Fsp3) is 0.636. The zero-order chi connectivity index (χ0) is 10.8. The molecule has 1 aliphatic carbocycles. The third kappa shape index (κ3) is 1.95. The van der Waals surface area contributed by atoms with Gasteiger partial charge in [-0.25, -0.2) is 4.98 Å². The normalized spacial score (nSPS) is 16.4. The van der Waals surface area contributed by atoms with Gasteiger partial charge in [0.05, 0.1) is 11.7 Å². The summed E-state index contributed by atoms with van der Waals surface area (Å²) in [5.74, 6) is 0.655. The van der Waals surface area contributed by atoms with E-state index in [4.69, 9.17) is 5.73 Å². The molecule has 0 saturated heterocycles. The smallest absolute Gasteiger partial charge is 0.254 e. The average Bonchev–Trinajstić information content (AvgIpc) is 2.66. The molecule has 0 amide bonds. The second-order valence-corrected chi connectivity index (χ2v) is 4.13. The summed E-state index contributed by atoms with van der Waals surface area (Å²) in [5, 5.41) is 0. The Balaban J connectivity index is 2.35. The number of nitrogens with two attached hydrogens (primary N) is 1. The van der Waals surface area contributed by atoms with Crippen LogP contribution in [0.15, 0.2) is 4.79 Å². The molecule has 15 heavy (non-hydrogen) atoms. The van der Waals surface area contributed by atoms with E-state index in [-0.39, 0.29) is 11.6 Å². The summed E-state index contributed by atoms with van der Waals surface area (Å²) < 4.78 is 0. The minimum atomic E-state index is -0.131. The number of H-pyrrole nitrogens is 1. The zero-order valence-electron chi connectivity index (χ0n) is 9.05. The van der Waals surface area contributed by atoms with Crippen molar-refractivity contribution in [2.45, 2.75) is 45.1 Å². The van der Waals surface area contributed by atoms with E-state index < -0.39 is 0 Å². The van der Waals surface area contributed by atoms with Gasteiger partial charge >= 0.3 is 0 Å². The minimum Gasteiger partial charge on any atom is -0.321 e. The molecule has 1 atom stereocenters. The maximum absolute atomic E-state index is 11.7. The third-order valence-corrected chi connectivity index (χ3v) is 2.91. The Bertz CT molecular complexity index is 411. The predicted molar refractivity (Wildman–Crippen MR) is 58.7 cm³/mol. The number of aromatic nitrogens is 2. The second kappa shape index (κ2) is 4.14. The molecular formula is C11H17N3O. The van der Waals surface area contributed by atoms with Crippen molar-refractivity contribution in [3.05, 3.63) is 27.4 Å². The van der Waals surface area contributed by atoms with Crippen LogP contribution in [0.25, 0.3) is 0 Å². The number of aryl methyl sites for hydroxylation is 1. The van der Waals surface area contributed by atoms with Crippen LogP contribution in [0.1, 0.15) is 49.3 Å². The Morgan fingerprint density at radius 2 is 2.33 bits per heavy atom. The molecule has 0 radical (unpaired) electrons. The summed E-state index contributed by atoms with van der Waals surface area (Å²) in [5.41, 5.74) is 7.77. The van der Waals surface area contributed by atoms with Crippen LogP contribution in [-0.4, -0.2) is 9.97 Å². The topological polar surface area (TPSA) is 71.8 Å². The third-order valence-electron chi connectivity index (χ3n) is 2.91. The zero-order valence-corrected chi connectivity index (χ0v) is 9.05. The summed E-state index contributed by atoms with van der Waals surface area (Å²) in [6, 6.07) is -0.131. The standard InChI is InChI=1S/C11H17N3O/c1-2-4-8(12)10-13-9-6-3-5-7(9)11(15)14-10/h8H,2-6,12H2,1H3,(H,13,14,15). The van der Waals surface area contributed by atoms with Gasteiger partial charge in [-0.1, -0.05) is 13.3 Å². The highest BCUT2D eigenvalue weighted by molar-refractivity contribution is 5.23. The largest absolute Gasteiger partial charge is 0.321 e. The SMILES string of the molecule is CCCC(N)c1nc2c(c(=O)[nH]1)CCC2. The van der Waals surface area contributed by atoms with Crippen molar-refractivity contribution in [3.8, 4) is 0 Å². The molecule has 1 aliphatic rings. The van der Waals surface area contributed by atoms with Crippen molar-refractivity contribution in [2.24, 2.45) is 5.73 Å². The summed E-state index contributed by atoms with van der Waals surface area (Å²) >= 11 is 0. The van der Waals surface area contributed by atoms with Gasteiger partial charge in [0.1, 0.15) is 5.82 Å². The Morgan fingerprint density at radius 1 is 1.53 bits per heavy atom. The van der Waals surface area contributed by atoms with Crippen LogP contribution in [0.3, 0.4) is 0 Å². The molecule has 0 aromatic carbocycles. The van der Waals surface area contributed by atoms with Crippen molar-refractivity contribution < 1.29 is 0 Å². The Labute approximate surface area is 88.9 Å². The number of fused-ring (bicyclic) bond motifs is 1. The molecule has 1 heterocycles. The monoisotopic (exact) mass is 207 g/mol. The second-order valence-electron chi connectivity index (χ2n) is 4.13. The van der Waals surface area contributed by atoms with Gasteiger partial charge in [0, 0.05) is 5.56 Å². The van der Waals surface area contributed by atoms with E-state index in [9.17, 15) is 4.79 Å². The van der Waals surface area contributed by atoms with Gasteiger partial charge in [0.2, 0.25) is 0 Å². The first kappa shape index (κ1) is 10.4. The van der Waals surface area contributed by atoms with Gasteiger partial charge < -0.3 is 10.7 Å². The van der Waals surface area contributed by atoms with Crippen LogP contribution in [0.4, 0.5) is 0 Å². The van der Waals surface area contributed by atoms with Crippen LogP contribution >= 0.6 is 0 Å². The number of rotatable bonds is 3. The lowest BCUT2D eigenvalue weighted by atomic mass is 10.1. The van der Waals surface area contributed by atoms with E-state index in [0.29, 0.717) is 5.82 Å². The minimum absolute atomic E-state index is 0.0130. The molecule has 1 aromatic heterocycles. The fourth-order valence-corrected chi connectivity index (χ4v) is 2.08. The predicted octanol–water partition coefficient (Wildman–Crippen LogP) is 1.06. The summed E-state index contributed by atoms with van der Waals surface area (Å²) in [6.45, 7) is 2.07. The molecule has 0 fully saturated rings. The average molecular weight is 207 g/mol. The number of hydrogen-bond acceptors (Lipinski definition) is 3. The first-order valence-electron chi connectivity index (χ1n) is 5.60. The Hall–Kier alpha value is -1.16. The molecule has 4 nitrogen and oxygen atoms in total. The summed E-state index contributed by atoms with van der Waals surface area (Å²) in [4.78, 5) is 18.9. The van der Waals surface area contributed by atoms with Gasteiger partial charge in [0.25, 0.3) is 5.56 Å². The highest BCUT2D eigenvalue weighted by Gasteiger charge is 2.18. The molecule has 0 spiro atoms. The lowest BCUT2D eigenvalue weighted by Gasteiger charge is -2.10. The molecule has 3 N–H and O–H groups in total. The molecule has 0 bridgehead atoms. The van der Waals surface area contributed by atoms with Gasteiger partial charge in [0.15, 0.2) is 0 Å². The number of nitrogens with zero attached hydrogens (tertiary/aromatic N) is 1. The molecule has 1 unspecified atom stereocenters. The lowest BCUT2D eigenvalue weighted by Crippen LogP contribution is -2.22. The van der Waals surface area contributed by atoms with Crippen molar-refractivity contribution in [2.75, 3.05) is 0 Å². The number of hydrogen-bond donors (Lipinski definition) is 2. The van der Waals surface area contributed by atoms with Crippen molar-refractivity contribution in [1.29, 1.82) is 0 Å². The molecule has 82 valence electrons. The van der Waals surface area contributed by atoms with Crippen LogP contribution in [-0.2, 0) is 12.8 Å². The molecule has 4 heteroatoms. The summed E-state index contributed by atoms with van der Waals surface area (Å²) in [6.07, 6.45) is 4.69. The van der Waals surface area contributed by atoms with E-state index >= 15 is 0 Å². The maximum Gasteiger partial charge on any atom is 0.254 e. The number of aromatic amines is 1. The molecular weight excluding hydrogens is 190 g/mol. The molecule has 2 rings (SSSR count). The highest BCUT2D eigenvalue weighted by Crippen LogP contribution is 2.18. The van der Waals surface area contributed by atoms with Crippen molar-refractivity contribution in [3.63, 3.8) is 0 Å². The molecule has 1 aromatic rings. The van der Waals surface area contributed by atoms with Crippen LogP contribution in [0, 0.1) is 0 Å². The Kier molecular flexibility index (Phi) is 2.86. The quantitative estimate of drug-likeness (QED) is 0.778. The van der Waals surface area contributed by atoms with E-state index in [1.807, 2.05) is 0 Å². The van der Waals surface area contributed by atoms with E-state index in [2.05, 4.69) is 16.9 Å². The molecule has 0 saturated carbocycles. The van der Waals surface area contributed by atoms with Crippen LogP contribution < -0.4 is 11.3 Å². The fourth-order valence-electron chi connectivity index (χ4n) is 2.08. The van der Waals surface area contributed by atoms with E-state index in [1.54, 1.807) is 0 Å². The van der Waals surface area contributed by atoms with E-state index in [1.165, 1.54) is 0 Å². The van der Waals surface area contributed by atoms with Crippen LogP contribution in [0.5, 0.6) is 0 Å². The Morgan fingerprint density at radius 3 is 3.07 bits per heavy atom. The van der Waals surface area contributed by atoms with Crippen molar-refractivity contribution >= 4 is 0 Å². The van der Waals surface area contributed by atoms with Gasteiger partial charge in [-0.2, -0.15) is 0 Å². The first-order valence-corrected chi connectivity index (χ1v) is 5.60. The molecule has 0 aliphatic heterocycles. The maximum atomic E-state index is 11.7. The first-order chi connectivity index (χ1) is 7.22.